The van der Waals surface area contributed by atoms with Gasteiger partial charge in [0.25, 0.3) is 0 Å². The van der Waals surface area contributed by atoms with E-state index >= 15 is 0 Å². The Morgan fingerprint density at radius 2 is 1.92 bits per heavy atom. The molecule has 3 aromatic rings. The molecular weight excluding hydrogens is 524 g/mol. The van der Waals surface area contributed by atoms with Crippen LogP contribution in [-0.2, 0) is 9.84 Å². The van der Waals surface area contributed by atoms with Gasteiger partial charge in [0.05, 0.1) is 27.4 Å². The molecule has 2 fully saturated rings. The van der Waals surface area contributed by atoms with Crippen LogP contribution in [0.4, 0.5) is 11.8 Å². The van der Waals surface area contributed by atoms with Crippen molar-refractivity contribution in [1.82, 2.24) is 19.9 Å². The Hall–Kier alpha value is -2.41. The number of sulfone groups is 1. The highest BCUT2D eigenvalue weighted by molar-refractivity contribution is 7.90. The van der Waals surface area contributed by atoms with E-state index in [1.54, 1.807) is 0 Å². The normalized spacial score (nSPS) is 24.7. The molecule has 206 valence electrons. The molecule has 0 aliphatic heterocycles. The zero-order valence-electron chi connectivity index (χ0n) is 22.4. The number of fused-ring (bicyclic) bond motifs is 1. The van der Waals surface area contributed by atoms with Gasteiger partial charge in [-0.2, -0.15) is 4.98 Å². The van der Waals surface area contributed by atoms with E-state index in [9.17, 15) is 18.6 Å². The van der Waals surface area contributed by atoms with Gasteiger partial charge < -0.3 is 20.8 Å². The maximum absolute atomic E-state index is 11.9. The molecule has 4 atom stereocenters. The zero-order valence-corrected chi connectivity index (χ0v) is 24.0. The molecule has 0 amide bonds. The molecule has 3 heterocycles. The fourth-order valence-electron chi connectivity index (χ4n) is 5.00. The van der Waals surface area contributed by atoms with Gasteiger partial charge in [-0.25, -0.2) is 18.4 Å². The first-order chi connectivity index (χ1) is 17.8. The molecule has 0 bridgehead atoms. The summed E-state index contributed by atoms with van der Waals surface area (Å²) in [7, 11) is -3.32. The van der Waals surface area contributed by atoms with Gasteiger partial charge in [0, 0.05) is 30.3 Å². The molecule has 0 aromatic carbocycles. The molecule has 5 rings (SSSR count). The van der Waals surface area contributed by atoms with E-state index in [0.717, 1.165) is 35.0 Å². The van der Waals surface area contributed by atoms with E-state index in [2.05, 4.69) is 29.5 Å². The number of aliphatic hydroxyl groups is 2. The second kappa shape index (κ2) is 9.96. The number of hydrogen-bond acceptors (Lipinski definition) is 11. The lowest BCUT2D eigenvalue weighted by atomic mass is 10.0. The van der Waals surface area contributed by atoms with Crippen molar-refractivity contribution in [3.05, 3.63) is 23.7 Å². The number of anilines is 2. The monoisotopic (exact) mass is 560 g/mol. The van der Waals surface area contributed by atoms with Gasteiger partial charge in [-0.1, -0.05) is 13.8 Å². The maximum atomic E-state index is 11.9. The second-order valence-corrected chi connectivity index (χ2v) is 14.5. The van der Waals surface area contributed by atoms with E-state index in [1.807, 2.05) is 26.1 Å². The van der Waals surface area contributed by atoms with E-state index in [0.29, 0.717) is 46.3 Å². The molecule has 10 nitrogen and oxygen atoms in total. The van der Waals surface area contributed by atoms with Gasteiger partial charge in [0.1, 0.15) is 32.3 Å². The third-order valence-corrected chi connectivity index (χ3v) is 9.72. The fourth-order valence-corrected chi connectivity index (χ4v) is 7.19. The molecule has 2 aliphatic carbocycles. The third-order valence-electron chi connectivity index (χ3n) is 7.64. The Labute approximate surface area is 227 Å². The number of aliphatic hydroxyl groups excluding tert-OH is 1. The molecule has 0 spiro atoms. The van der Waals surface area contributed by atoms with Crippen molar-refractivity contribution < 1.29 is 18.6 Å². The molecule has 0 radical (unpaired) electrons. The third kappa shape index (κ3) is 5.49. The van der Waals surface area contributed by atoms with Crippen molar-refractivity contribution in [2.45, 2.75) is 77.2 Å². The van der Waals surface area contributed by atoms with E-state index in [-0.39, 0.29) is 18.2 Å². The van der Waals surface area contributed by atoms with Gasteiger partial charge in [-0.3, -0.25) is 4.98 Å². The van der Waals surface area contributed by atoms with Crippen molar-refractivity contribution in [2.75, 3.05) is 22.6 Å². The van der Waals surface area contributed by atoms with Crippen LogP contribution in [0, 0.1) is 18.8 Å². The van der Waals surface area contributed by atoms with Crippen LogP contribution in [0.3, 0.4) is 0 Å². The molecule has 38 heavy (non-hydrogen) atoms. The Morgan fingerprint density at radius 3 is 2.58 bits per heavy atom. The van der Waals surface area contributed by atoms with Crippen molar-refractivity contribution in [3.63, 3.8) is 0 Å². The summed E-state index contributed by atoms with van der Waals surface area (Å²) in [5.41, 5.74) is 1.45. The number of nitrogens with zero attached hydrogens (tertiary/aromatic N) is 4. The van der Waals surface area contributed by atoms with Crippen LogP contribution in [0.15, 0.2) is 12.3 Å². The van der Waals surface area contributed by atoms with Crippen molar-refractivity contribution in [3.8, 4) is 10.6 Å². The van der Waals surface area contributed by atoms with E-state index < -0.39 is 27.6 Å². The Morgan fingerprint density at radius 1 is 1.18 bits per heavy atom. The Kier molecular flexibility index (Phi) is 7.12. The smallest absolute Gasteiger partial charge is 0.225 e. The summed E-state index contributed by atoms with van der Waals surface area (Å²) < 4.78 is 24.8. The highest BCUT2D eigenvalue weighted by Crippen LogP contribution is 2.45. The van der Waals surface area contributed by atoms with Crippen LogP contribution in [0.1, 0.15) is 63.8 Å². The maximum Gasteiger partial charge on any atom is 0.225 e. The van der Waals surface area contributed by atoms with Gasteiger partial charge >= 0.3 is 0 Å². The minimum Gasteiger partial charge on any atom is -0.388 e. The van der Waals surface area contributed by atoms with Crippen molar-refractivity contribution >= 4 is 43.2 Å². The highest BCUT2D eigenvalue weighted by atomic mass is 32.2. The minimum atomic E-state index is -3.32. The lowest BCUT2D eigenvalue weighted by molar-refractivity contribution is -0.0442. The van der Waals surface area contributed by atoms with Crippen LogP contribution in [0.2, 0.25) is 0 Å². The zero-order chi connectivity index (χ0) is 27.4. The summed E-state index contributed by atoms with van der Waals surface area (Å²) in [5.74, 6) is 0.750. The first-order valence-corrected chi connectivity index (χ1v) is 16.0. The van der Waals surface area contributed by atoms with Gasteiger partial charge in [0.15, 0.2) is 5.72 Å². The SMILES string of the molecule is Cc1nc(N[C@H](C)C(C)C)nc(N[C@@]2(O)CC[C@H](CS(C)(=O)=O)[C@H]2O)c1-c1nc2c(C3CC3)nccc2s1. The first-order valence-electron chi connectivity index (χ1n) is 13.1. The Bertz CT molecular complexity index is 1460. The summed E-state index contributed by atoms with van der Waals surface area (Å²) >= 11 is 1.51. The Balaban J connectivity index is 1.57. The van der Waals surface area contributed by atoms with Gasteiger partial charge in [0.2, 0.25) is 5.95 Å². The number of nitrogens with one attached hydrogen (secondary N) is 2. The van der Waals surface area contributed by atoms with Crippen molar-refractivity contribution in [2.24, 2.45) is 11.8 Å². The van der Waals surface area contributed by atoms with Crippen LogP contribution >= 0.6 is 11.3 Å². The number of thiazole rings is 1. The molecule has 0 saturated heterocycles. The summed E-state index contributed by atoms with van der Waals surface area (Å²) in [6, 6.07) is 2.05. The topological polar surface area (TPSA) is 150 Å². The standard InChI is InChI=1S/C26H36N6O4S2/c1-13(2)14(3)28-25-29-15(4)19(24-30-21-18(37-24)9-11-27-20(21)16-6-7-16)23(31-25)32-26(34)10-8-17(22(26)33)12-38(5,35)36/h9,11,13-14,16-17,22,33-34H,6-8,10,12H2,1-5H3,(H2,28,29,31,32)/t14-,17-,22-,26-/m1/s1. The van der Waals surface area contributed by atoms with Gasteiger partial charge in [-0.05, 0) is 51.5 Å². The van der Waals surface area contributed by atoms with E-state index in [1.165, 1.54) is 11.3 Å². The quantitative estimate of drug-likeness (QED) is 0.285. The number of hydrogen-bond donors (Lipinski definition) is 4. The summed E-state index contributed by atoms with van der Waals surface area (Å²) in [5, 5.41) is 29.6. The number of aromatic nitrogens is 4. The summed E-state index contributed by atoms with van der Waals surface area (Å²) in [4.78, 5) is 19.0. The summed E-state index contributed by atoms with van der Waals surface area (Å²) in [6.07, 6.45) is 4.45. The predicted molar refractivity (Wildman–Crippen MR) is 150 cm³/mol. The average Bonchev–Trinajstić information content (AvgIpc) is 3.52. The number of aryl methyl sites for hydroxylation is 1. The predicted octanol–water partition coefficient (Wildman–Crippen LogP) is 3.71. The largest absolute Gasteiger partial charge is 0.388 e. The van der Waals surface area contributed by atoms with Crippen LogP contribution in [0.5, 0.6) is 0 Å². The lowest BCUT2D eigenvalue weighted by Crippen LogP contribution is -2.48. The molecule has 12 heteroatoms. The molecule has 3 aromatic heterocycles. The fraction of sp³-hybridized carbons (Fsp3) is 0.615. The molecule has 0 unspecified atom stereocenters. The molecular formula is C26H36N6O4S2. The number of rotatable bonds is 9. The molecule has 4 N–H and O–H groups in total. The van der Waals surface area contributed by atoms with Crippen LogP contribution in [0.25, 0.3) is 20.8 Å². The first kappa shape index (κ1) is 27.2. The molecule has 2 saturated carbocycles. The second-order valence-electron chi connectivity index (χ2n) is 11.3. The average molecular weight is 561 g/mol. The van der Waals surface area contributed by atoms with Crippen LogP contribution < -0.4 is 10.6 Å². The van der Waals surface area contributed by atoms with E-state index in [4.69, 9.17) is 15.0 Å². The minimum absolute atomic E-state index is 0.0991. The highest BCUT2D eigenvalue weighted by Gasteiger charge is 2.48. The van der Waals surface area contributed by atoms with Gasteiger partial charge in [-0.15, -0.1) is 11.3 Å². The lowest BCUT2D eigenvalue weighted by Gasteiger charge is -2.31. The number of pyridine rings is 1. The molecule has 2 aliphatic rings. The van der Waals surface area contributed by atoms with Crippen molar-refractivity contribution in [1.29, 1.82) is 0 Å². The van der Waals surface area contributed by atoms with Crippen LogP contribution in [-0.4, -0.2) is 68.4 Å². The summed E-state index contributed by atoms with van der Waals surface area (Å²) in [6.45, 7) is 8.13.